The number of thiophene rings is 1. The number of nitrogens with one attached hydrogen (secondary N) is 1. The highest BCUT2D eigenvalue weighted by Gasteiger charge is 2.22. The number of hydrogen-bond acceptors (Lipinski definition) is 6. The van der Waals surface area contributed by atoms with Crippen molar-refractivity contribution in [3.8, 4) is 5.75 Å². The first-order chi connectivity index (χ1) is 10.6. The summed E-state index contributed by atoms with van der Waals surface area (Å²) in [7, 11) is -2.21. The van der Waals surface area contributed by atoms with Gasteiger partial charge >= 0.3 is 0 Å². The molecule has 0 bridgehead atoms. The average Bonchev–Trinajstić information content (AvgIpc) is 3.02. The molecule has 0 aliphatic rings. The van der Waals surface area contributed by atoms with Crippen molar-refractivity contribution in [3.63, 3.8) is 0 Å². The van der Waals surface area contributed by atoms with Gasteiger partial charge in [-0.15, -0.1) is 11.3 Å². The maximum atomic E-state index is 12.3. The van der Waals surface area contributed by atoms with Crippen LogP contribution in [0.4, 0.5) is 0 Å². The summed E-state index contributed by atoms with van der Waals surface area (Å²) in [4.78, 5) is 4.01. The van der Waals surface area contributed by atoms with E-state index in [9.17, 15) is 13.5 Å². The highest BCUT2D eigenvalue weighted by atomic mass is 32.2. The molecule has 2 heterocycles. The quantitative estimate of drug-likeness (QED) is 0.754. The van der Waals surface area contributed by atoms with Gasteiger partial charge in [0.15, 0.2) is 4.21 Å². The SMILES string of the molecule is COc1ccsc1S(=O)(=O)NCC(CO)Cc1cccnc1. The molecule has 2 aromatic rings. The van der Waals surface area contributed by atoms with Gasteiger partial charge in [-0.2, -0.15) is 0 Å². The van der Waals surface area contributed by atoms with Gasteiger partial charge in [0.05, 0.1) is 7.11 Å². The molecule has 0 amide bonds. The van der Waals surface area contributed by atoms with Gasteiger partial charge in [-0.05, 0) is 35.4 Å². The molecule has 0 saturated heterocycles. The van der Waals surface area contributed by atoms with Gasteiger partial charge in [0.25, 0.3) is 10.0 Å². The lowest BCUT2D eigenvalue weighted by atomic mass is 10.0. The van der Waals surface area contributed by atoms with Gasteiger partial charge in [0, 0.05) is 25.5 Å². The molecule has 0 spiro atoms. The normalized spacial score (nSPS) is 13.0. The van der Waals surface area contributed by atoms with E-state index in [2.05, 4.69) is 9.71 Å². The zero-order valence-electron chi connectivity index (χ0n) is 12.1. The van der Waals surface area contributed by atoms with Crippen LogP contribution in [0.25, 0.3) is 0 Å². The van der Waals surface area contributed by atoms with E-state index in [-0.39, 0.29) is 23.3 Å². The van der Waals surface area contributed by atoms with E-state index in [0.717, 1.165) is 16.9 Å². The Labute approximate surface area is 133 Å². The van der Waals surface area contributed by atoms with Crippen molar-refractivity contribution in [1.29, 1.82) is 0 Å². The van der Waals surface area contributed by atoms with Gasteiger partial charge in [-0.25, -0.2) is 13.1 Å². The summed E-state index contributed by atoms with van der Waals surface area (Å²) in [6.07, 6.45) is 3.93. The van der Waals surface area contributed by atoms with Crippen LogP contribution in [0.5, 0.6) is 5.75 Å². The van der Waals surface area contributed by atoms with Crippen molar-refractivity contribution in [2.45, 2.75) is 10.6 Å². The Morgan fingerprint density at radius 1 is 1.45 bits per heavy atom. The van der Waals surface area contributed by atoms with E-state index in [4.69, 9.17) is 4.74 Å². The largest absolute Gasteiger partial charge is 0.494 e. The first kappa shape index (κ1) is 16.9. The Kier molecular flexibility index (Phi) is 5.90. The topological polar surface area (TPSA) is 88.5 Å². The summed E-state index contributed by atoms with van der Waals surface area (Å²) >= 11 is 1.10. The summed E-state index contributed by atoms with van der Waals surface area (Å²) in [6.45, 7) is 0.0355. The standard InChI is InChI=1S/C14H18N2O4S2/c1-20-13-4-6-21-14(13)22(18,19)16-9-12(10-17)7-11-3-2-5-15-8-11/h2-6,8,12,16-17H,7,9-10H2,1H3. The van der Waals surface area contributed by atoms with Gasteiger partial charge in [0.1, 0.15) is 5.75 Å². The fraction of sp³-hybridized carbons (Fsp3) is 0.357. The molecule has 1 atom stereocenters. The van der Waals surface area contributed by atoms with Crippen LogP contribution in [0.2, 0.25) is 0 Å². The van der Waals surface area contributed by atoms with Crippen LogP contribution in [0.15, 0.2) is 40.2 Å². The van der Waals surface area contributed by atoms with Crippen LogP contribution in [0.1, 0.15) is 5.56 Å². The lowest BCUT2D eigenvalue weighted by Crippen LogP contribution is -2.31. The van der Waals surface area contributed by atoms with Crippen LogP contribution in [-0.2, 0) is 16.4 Å². The second-order valence-electron chi connectivity index (χ2n) is 4.74. The molecule has 8 heteroatoms. The number of rotatable bonds is 8. The summed E-state index contributed by atoms with van der Waals surface area (Å²) < 4.78 is 32.3. The Balaban J connectivity index is 2.01. The zero-order valence-corrected chi connectivity index (χ0v) is 13.7. The molecule has 0 saturated carbocycles. The summed E-state index contributed by atoms with van der Waals surface area (Å²) in [6, 6.07) is 5.31. The fourth-order valence-electron chi connectivity index (χ4n) is 1.98. The molecular formula is C14H18N2O4S2. The molecule has 6 nitrogen and oxygen atoms in total. The smallest absolute Gasteiger partial charge is 0.253 e. The predicted octanol–water partition coefficient (Wildman–Crippen LogP) is 1.28. The number of aromatic nitrogens is 1. The summed E-state index contributed by atoms with van der Waals surface area (Å²) in [5.41, 5.74) is 0.953. The third-order valence-electron chi connectivity index (χ3n) is 3.13. The van der Waals surface area contributed by atoms with E-state index in [0.29, 0.717) is 12.2 Å². The molecule has 22 heavy (non-hydrogen) atoms. The number of methoxy groups -OCH3 is 1. The highest BCUT2D eigenvalue weighted by Crippen LogP contribution is 2.29. The third-order valence-corrected chi connectivity index (χ3v) is 6.00. The van der Waals surface area contributed by atoms with E-state index in [1.54, 1.807) is 23.8 Å². The summed E-state index contributed by atoms with van der Waals surface area (Å²) in [5, 5.41) is 11.1. The lowest BCUT2D eigenvalue weighted by Gasteiger charge is -2.15. The Morgan fingerprint density at radius 2 is 2.27 bits per heavy atom. The molecule has 2 aromatic heterocycles. The molecule has 2 N–H and O–H groups in total. The molecule has 0 aromatic carbocycles. The van der Waals surface area contributed by atoms with Crippen LogP contribution in [-0.4, -0.2) is 38.8 Å². The van der Waals surface area contributed by atoms with Crippen LogP contribution < -0.4 is 9.46 Å². The second-order valence-corrected chi connectivity index (χ2v) is 7.62. The molecule has 0 aliphatic heterocycles. The number of sulfonamides is 1. The van der Waals surface area contributed by atoms with Crippen molar-refractivity contribution < 1.29 is 18.3 Å². The zero-order chi connectivity index (χ0) is 16.0. The van der Waals surface area contributed by atoms with Crippen LogP contribution >= 0.6 is 11.3 Å². The van der Waals surface area contributed by atoms with Gasteiger partial charge in [-0.1, -0.05) is 6.07 Å². The number of ether oxygens (including phenoxy) is 1. The van der Waals surface area contributed by atoms with Crippen molar-refractivity contribution >= 4 is 21.4 Å². The van der Waals surface area contributed by atoms with Gasteiger partial charge in [0.2, 0.25) is 0 Å². The minimum Gasteiger partial charge on any atom is -0.494 e. The van der Waals surface area contributed by atoms with Gasteiger partial charge < -0.3 is 9.84 Å². The molecular weight excluding hydrogens is 324 g/mol. The van der Waals surface area contributed by atoms with Crippen molar-refractivity contribution in [1.82, 2.24) is 9.71 Å². The highest BCUT2D eigenvalue weighted by molar-refractivity contribution is 7.91. The van der Waals surface area contributed by atoms with E-state index >= 15 is 0 Å². The van der Waals surface area contributed by atoms with Crippen molar-refractivity contribution in [3.05, 3.63) is 41.5 Å². The number of aliphatic hydroxyl groups excluding tert-OH is 1. The maximum absolute atomic E-state index is 12.3. The van der Waals surface area contributed by atoms with Crippen molar-refractivity contribution in [2.75, 3.05) is 20.3 Å². The maximum Gasteiger partial charge on any atom is 0.253 e. The third kappa shape index (κ3) is 4.26. The van der Waals surface area contributed by atoms with E-state index < -0.39 is 10.0 Å². The van der Waals surface area contributed by atoms with E-state index in [1.807, 2.05) is 12.1 Å². The molecule has 2 rings (SSSR count). The molecule has 0 fully saturated rings. The van der Waals surface area contributed by atoms with E-state index in [1.165, 1.54) is 7.11 Å². The monoisotopic (exact) mass is 342 g/mol. The molecule has 0 aliphatic carbocycles. The fourth-order valence-corrected chi connectivity index (χ4v) is 4.41. The summed E-state index contributed by atoms with van der Waals surface area (Å²) in [5.74, 6) is 0.107. The minimum atomic E-state index is -3.64. The first-order valence-electron chi connectivity index (χ1n) is 6.67. The molecule has 120 valence electrons. The Hall–Kier alpha value is -1.48. The number of aliphatic hydroxyl groups is 1. The predicted molar refractivity (Wildman–Crippen MR) is 84.6 cm³/mol. The molecule has 0 radical (unpaired) electrons. The minimum absolute atomic E-state index is 0.112. The van der Waals surface area contributed by atoms with Gasteiger partial charge in [-0.3, -0.25) is 4.98 Å². The van der Waals surface area contributed by atoms with Crippen LogP contribution in [0.3, 0.4) is 0 Å². The average molecular weight is 342 g/mol. The molecule has 1 unspecified atom stereocenters. The van der Waals surface area contributed by atoms with Crippen molar-refractivity contribution in [2.24, 2.45) is 5.92 Å². The number of pyridine rings is 1. The second kappa shape index (κ2) is 7.68. The number of hydrogen-bond donors (Lipinski definition) is 2. The number of nitrogens with zero attached hydrogens (tertiary/aromatic N) is 1. The first-order valence-corrected chi connectivity index (χ1v) is 9.04. The Morgan fingerprint density at radius 3 is 2.91 bits per heavy atom. The van der Waals surface area contributed by atoms with Crippen LogP contribution in [0, 0.1) is 5.92 Å². The lowest BCUT2D eigenvalue weighted by molar-refractivity contribution is 0.227. The Bertz CT molecular complexity index is 686.